The minimum atomic E-state index is -0.0342. The summed E-state index contributed by atoms with van der Waals surface area (Å²) >= 11 is 0. The maximum absolute atomic E-state index is 5.88. The molecule has 0 saturated carbocycles. The Morgan fingerprint density at radius 2 is 2.12 bits per heavy atom. The molecule has 0 fully saturated rings. The number of methoxy groups -OCH3 is 1. The van der Waals surface area contributed by atoms with Gasteiger partial charge in [0.15, 0.2) is 5.96 Å². The molecule has 1 unspecified atom stereocenters. The minimum absolute atomic E-state index is 0.0342. The van der Waals surface area contributed by atoms with E-state index in [1.807, 2.05) is 38.1 Å². The quantitative estimate of drug-likeness (QED) is 0.570. The summed E-state index contributed by atoms with van der Waals surface area (Å²) in [6.07, 6.45) is 1.50. The average Bonchev–Trinajstić information content (AvgIpc) is 3.11. The summed E-state index contributed by atoms with van der Waals surface area (Å²) in [6.45, 7) is 5.85. The number of benzene rings is 1. The molecule has 130 valence electrons. The van der Waals surface area contributed by atoms with Gasteiger partial charge in [0.25, 0.3) is 0 Å². The maximum Gasteiger partial charge on any atom is 0.191 e. The third-order valence-corrected chi connectivity index (χ3v) is 3.17. The Morgan fingerprint density at radius 1 is 1.29 bits per heavy atom. The lowest BCUT2D eigenvalue weighted by Gasteiger charge is -2.18. The van der Waals surface area contributed by atoms with Crippen LogP contribution in [0.5, 0.6) is 11.5 Å². The molecule has 0 aliphatic heterocycles. The summed E-state index contributed by atoms with van der Waals surface area (Å²) in [6, 6.07) is 9.35. The Bertz CT molecular complexity index is 629. The first-order valence-electron chi connectivity index (χ1n) is 7.93. The second-order valence-electron chi connectivity index (χ2n) is 5.17. The van der Waals surface area contributed by atoms with Gasteiger partial charge in [-0.2, -0.15) is 0 Å². The van der Waals surface area contributed by atoms with Gasteiger partial charge in [-0.05, 0) is 26.0 Å². The SMILES string of the molecule is CCNC(=NCc1ccon1)NCC(C)Oc1cccc(OC)c1. The molecule has 24 heavy (non-hydrogen) atoms. The number of aromatic nitrogens is 1. The number of nitrogens with zero attached hydrogens (tertiary/aromatic N) is 2. The molecule has 2 rings (SSSR count). The zero-order valence-electron chi connectivity index (χ0n) is 14.3. The highest BCUT2D eigenvalue weighted by Gasteiger charge is 2.07. The van der Waals surface area contributed by atoms with E-state index in [0.717, 1.165) is 23.7 Å². The molecule has 0 spiro atoms. The number of aliphatic imine (C=N–C) groups is 1. The van der Waals surface area contributed by atoms with Gasteiger partial charge in [0.05, 0.1) is 20.2 Å². The highest BCUT2D eigenvalue weighted by atomic mass is 16.5. The van der Waals surface area contributed by atoms with E-state index in [4.69, 9.17) is 14.0 Å². The Morgan fingerprint density at radius 3 is 2.83 bits per heavy atom. The molecule has 2 N–H and O–H groups in total. The summed E-state index contributed by atoms with van der Waals surface area (Å²) in [7, 11) is 1.64. The monoisotopic (exact) mass is 332 g/mol. The smallest absolute Gasteiger partial charge is 0.191 e. The predicted molar refractivity (Wildman–Crippen MR) is 92.4 cm³/mol. The van der Waals surface area contributed by atoms with Crippen molar-refractivity contribution in [3.05, 3.63) is 42.3 Å². The molecule has 1 atom stereocenters. The lowest BCUT2D eigenvalue weighted by molar-refractivity contribution is 0.223. The van der Waals surface area contributed by atoms with Crippen molar-refractivity contribution in [1.82, 2.24) is 15.8 Å². The second kappa shape index (κ2) is 9.44. The molecule has 7 nitrogen and oxygen atoms in total. The van der Waals surface area contributed by atoms with Crippen LogP contribution in [0.25, 0.3) is 0 Å². The van der Waals surface area contributed by atoms with Gasteiger partial charge in [0.2, 0.25) is 0 Å². The molecule has 7 heteroatoms. The van der Waals surface area contributed by atoms with Crippen LogP contribution in [0.2, 0.25) is 0 Å². The van der Waals surface area contributed by atoms with Crippen LogP contribution < -0.4 is 20.1 Å². The van der Waals surface area contributed by atoms with E-state index in [2.05, 4.69) is 20.8 Å². The molecule has 1 aromatic heterocycles. The van der Waals surface area contributed by atoms with Crippen molar-refractivity contribution in [2.75, 3.05) is 20.2 Å². The van der Waals surface area contributed by atoms with Crippen molar-refractivity contribution in [3.8, 4) is 11.5 Å². The summed E-state index contributed by atoms with van der Waals surface area (Å²) in [5.41, 5.74) is 0.785. The van der Waals surface area contributed by atoms with Crippen LogP contribution in [0.1, 0.15) is 19.5 Å². The Labute approximate surface area is 142 Å². The van der Waals surface area contributed by atoms with Gasteiger partial charge in [-0.25, -0.2) is 4.99 Å². The number of hydrogen-bond donors (Lipinski definition) is 2. The van der Waals surface area contributed by atoms with Crippen molar-refractivity contribution in [2.24, 2.45) is 4.99 Å². The molecule has 0 aliphatic carbocycles. The lowest BCUT2D eigenvalue weighted by atomic mass is 10.3. The van der Waals surface area contributed by atoms with Crippen molar-refractivity contribution in [3.63, 3.8) is 0 Å². The highest BCUT2D eigenvalue weighted by molar-refractivity contribution is 5.79. The first-order valence-corrected chi connectivity index (χ1v) is 7.93. The van der Waals surface area contributed by atoms with Crippen LogP contribution in [0.15, 0.2) is 46.1 Å². The van der Waals surface area contributed by atoms with E-state index >= 15 is 0 Å². The number of rotatable bonds is 8. The normalized spacial score (nSPS) is 12.5. The van der Waals surface area contributed by atoms with Crippen molar-refractivity contribution < 1.29 is 14.0 Å². The van der Waals surface area contributed by atoms with Crippen LogP contribution in [-0.4, -0.2) is 37.4 Å². The zero-order chi connectivity index (χ0) is 17.2. The standard InChI is InChI=1S/C17H24N4O3/c1-4-18-17(20-12-14-8-9-23-21-14)19-11-13(2)24-16-7-5-6-15(10-16)22-3/h5-10,13H,4,11-12H2,1-3H3,(H2,18,19,20). The predicted octanol–water partition coefficient (Wildman–Crippen LogP) is 2.21. The lowest BCUT2D eigenvalue weighted by Crippen LogP contribution is -2.41. The van der Waals surface area contributed by atoms with Gasteiger partial charge in [-0.15, -0.1) is 0 Å². The van der Waals surface area contributed by atoms with Crippen LogP contribution in [0.3, 0.4) is 0 Å². The molecular formula is C17H24N4O3. The van der Waals surface area contributed by atoms with Gasteiger partial charge < -0.3 is 24.6 Å². The Balaban J connectivity index is 1.84. The summed E-state index contributed by atoms with van der Waals surface area (Å²) in [4.78, 5) is 4.46. The molecule has 0 aliphatic rings. The van der Waals surface area contributed by atoms with Crippen LogP contribution in [0.4, 0.5) is 0 Å². The van der Waals surface area contributed by atoms with Crippen molar-refractivity contribution in [2.45, 2.75) is 26.5 Å². The number of hydrogen-bond acceptors (Lipinski definition) is 5. The fraction of sp³-hybridized carbons (Fsp3) is 0.412. The fourth-order valence-electron chi connectivity index (χ4n) is 2.01. The van der Waals surface area contributed by atoms with Gasteiger partial charge >= 0.3 is 0 Å². The van der Waals surface area contributed by atoms with Crippen molar-refractivity contribution >= 4 is 5.96 Å². The summed E-state index contributed by atoms with van der Waals surface area (Å²) in [5.74, 6) is 2.25. The zero-order valence-corrected chi connectivity index (χ0v) is 14.3. The minimum Gasteiger partial charge on any atom is -0.497 e. The van der Waals surface area contributed by atoms with Gasteiger partial charge in [-0.3, -0.25) is 0 Å². The number of nitrogens with one attached hydrogen (secondary N) is 2. The largest absolute Gasteiger partial charge is 0.497 e. The molecule has 0 radical (unpaired) electrons. The molecule has 2 aromatic rings. The average molecular weight is 332 g/mol. The summed E-state index contributed by atoms with van der Waals surface area (Å²) in [5, 5.41) is 10.3. The van der Waals surface area contributed by atoms with E-state index in [0.29, 0.717) is 19.0 Å². The van der Waals surface area contributed by atoms with Crippen LogP contribution in [-0.2, 0) is 6.54 Å². The topological polar surface area (TPSA) is 80.9 Å². The summed E-state index contributed by atoms with van der Waals surface area (Å²) < 4.78 is 15.9. The molecule has 1 aromatic carbocycles. The molecular weight excluding hydrogens is 308 g/mol. The van der Waals surface area contributed by atoms with Gasteiger partial charge in [0.1, 0.15) is 29.6 Å². The Kier molecular flexibility index (Phi) is 6.94. The first-order chi connectivity index (χ1) is 11.7. The molecule has 1 heterocycles. The van der Waals surface area contributed by atoms with Gasteiger partial charge in [-0.1, -0.05) is 11.2 Å². The van der Waals surface area contributed by atoms with E-state index < -0.39 is 0 Å². The fourth-order valence-corrected chi connectivity index (χ4v) is 2.01. The maximum atomic E-state index is 5.88. The van der Waals surface area contributed by atoms with Crippen LogP contribution >= 0.6 is 0 Å². The van der Waals surface area contributed by atoms with Crippen molar-refractivity contribution in [1.29, 1.82) is 0 Å². The number of ether oxygens (including phenoxy) is 2. The number of guanidine groups is 1. The third-order valence-electron chi connectivity index (χ3n) is 3.17. The highest BCUT2D eigenvalue weighted by Crippen LogP contribution is 2.19. The van der Waals surface area contributed by atoms with E-state index in [9.17, 15) is 0 Å². The van der Waals surface area contributed by atoms with E-state index in [1.54, 1.807) is 13.2 Å². The van der Waals surface area contributed by atoms with E-state index in [-0.39, 0.29) is 6.10 Å². The molecule has 0 saturated heterocycles. The van der Waals surface area contributed by atoms with E-state index in [1.165, 1.54) is 6.26 Å². The van der Waals surface area contributed by atoms with Crippen LogP contribution in [0, 0.1) is 0 Å². The third kappa shape index (κ3) is 5.83. The van der Waals surface area contributed by atoms with Gasteiger partial charge in [0, 0.05) is 18.7 Å². The Hall–Kier alpha value is -2.70. The molecule has 0 amide bonds. The first kappa shape index (κ1) is 17.7. The molecule has 0 bridgehead atoms. The second-order valence-corrected chi connectivity index (χ2v) is 5.17.